The molecule has 2 heterocycles. The topological polar surface area (TPSA) is 57.0 Å². The smallest absolute Gasteiger partial charge is 0.161 e. The Balaban J connectivity index is 0.00000176. The van der Waals surface area contributed by atoms with Crippen LogP contribution >= 0.6 is 12.4 Å². The highest BCUT2D eigenvalue weighted by Crippen LogP contribution is 2.31. The van der Waals surface area contributed by atoms with Crippen LogP contribution in [-0.4, -0.2) is 50.5 Å². The van der Waals surface area contributed by atoms with Crippen LogP contribution in [0, 0.1) is 0 Å². The van der Waals surface area contributed by atoms with Crippen molar-refractivity contribution in [1.29, 1.82) is 0 Å². The van der Waals surface area contributed by atoms with Gasteiger partial charge in [0.1, 0.15) is 13.2 Å². The Hall–Kier alpha value is -1.01. The molecule has 1 fully saturated rings. The molecule has 0 bridgehead atoms. The van der Waals surface area contributed by atoms with E-state index in [1.165, 1.54) is 5.56 Å². The number of methoxy groups -OCH3 is 1. The van der Waals surface area contributed by atoms with Gasteiger partial charge in [-0.05, 0) is 30.5 Å². The molecule has 0 aliphatic carbocycles. The number of nitrogens with two attached hydrogens (primary N) is 1. The van der Waals surface area contributed by atoms with Gasteiger partial charge in [-0.15, -0.1) is 12.4 Å². The highest BCUT2D eigenvalue weighted by Gasteiger charge is 2.27. The van der Waals surface area contributed by atoms with E-state index < -0.39 is 0 Å². The lowest BCUT2D eigenvalue weighted by molar-refractivity contribution is 0.0102. The van der Waals surface area contributed by atoms with Gasteiger partial charge in [-0.2, -0.15) is 0 Å². The van der Waals surface area contributed by atoms with E-state index >= 15 is 0 Å². The van der Waals surface area contributed by atoms with Crippen LogP contribution in [0.3, 0.4) is 0 Å². The second-order valence-electron chi connectivity index (χ2n) is 5.72. The number of halogens is 1. The van der Waals surface area contributed by atoms with Crippen LogP contribution < -0.4 is 15.2 Å². The zero-order valence-corrected chi connectivity index (χ0v) is 13.8. The van der Waals surface area contributed by atoms with Gasteiger partial charge in [-0.1, -0.05) is 6.07 Å². The summed E-state index contributed by atoms with van der Waals surface area (Å²) in [6.45, 7) is 3.85. The fraction of sp³-hybridized carbons (Fsp3) is 0.625. The Labute approximate surface area is 138 Å². The van der Waals surface area contributed by atoms with Crippen LogP contribution in [0.4, 0.5) is 0 Å². The number of hydrogen-bond acceptors (Lipinski definition) is 5. The maximum atomic E-state index is 5.93. The zero-order chi connectivity index (χ0) is 14.7. The average Bonchev–Trinajstić information content (AvgIpc) is 2.55. The Bertz CT molecular complexity index is 486. The Morgan fingerprint density at radius 3 is 2.77 bits per heavy atom. The lowest BCUT2D eigenvalue weighted by Crippen LogP contribution is -2.47. The van der Waals surface area contributed by atoms with Crippen molar-refractivity contribution in [2.45, 2.75) is 31.5 Å². The maximum Gasteiger partial charge on any atom is 0.161 e. The normalized spacial score (nSPS) is 24.6. The number of likely N-dealkylation sites (tertiary alicyclic amines) is 1. The van der Waals surface area contributed by atoms with E-state index in [-0.39, 0.29) is 12.4 Å². The Morgan fingerprint density at radius 1 is 1.27 bits per heavy atom. The summed E-state index contributed by atoms with van der Waals surface area (Å²) in [6.07, 6.45) is 2.42. The van der Waals surface area contributed by atoms with Gasteiger partial charge in [0.15, 0.2) is 11.5 Å². The van der Waals surface area contributed by atoms with Crippen molar-refractivity contribution in [3.8, 4) is 11.5 Å². The minimum absolute atomic E-state index is 0. The molecular formula is C16H25ClN2O3. The minimum Gasteiger partial charge on any atom is -0.486 e. The molecule has 0 radical (unpaired) electrons. The summed E-state index contributed by atoms with van der Waals surface area (Å²) in [7, 11) is 1.79. The predicted octanol–water partition coefficient (Wildman–Crippen LogP) is 1.82. The molecule has 2 aliphatic heterocycles. The molecule has 2 aliphatic rings. The van der Waals surface area contributed by atoms with E-state index in [2.05, 4.69) is 17.0 Å². The number of nitrogens with zero attached hydrogens (tertiary/aromatic N) is 1. The van der Waals surface area contributed by atoms with Crippen molar-refractivity contribution in [3.05, 3.63) is 23.8 Å². The molecule has 1 saturated heterocycles. The summed E-state index contributed by atoms with van der Waals surface area (Å²) in [6, 6.07) is 6.59. The highest BCUT2D eigenvalue weighted by atomic mass is 35.5. The molecule has 6 heteroatoms. The maximum absolute atomic E-state index is 5.93. The fourth-order valence-corrected chi connectivity index (χ4v) is 3.15. The van der Waals surface area contributed by atoms with Gasteiger partial charge in [0.25, 0.3) is 0 Å². The average molecular weight is 329 g/mol. The predicted molar refractivity (Wildman–Crippen MR) is 88.0 cm³/mol. The van der Waals surface area contributed by atoms with Crippen molar-refractivity contribution in [3.63, 3.8) is 0 Å². The Kier molecular flexibility index (Phi) is 6.32. The molecule has 0 spiro atoms. The van der Waals surface area contributed by atoms with E-state index in [1.807, 2.05) is 6.07 Å². The van der Waals surface area contributed by atoms with Gasteiger partial charge in [-0.25, -0.2) is 0 Å². The van der Waals surface area contributed by atoms with Gasteiger partial charge in [-0.3, -0.25) is 4.90 Å². The molecule has 2 atom stereocenters. The number of ether oxygens (including phenoxy) is 3. The van der Waals surface area contributed by atoms with Crippen LogP contribution in [0.2, 0.25) is 0 Å². The van der Waals surface area contributed by atoms with Crippen molar-refractivity contribution in [2.75, 3.05) is 33.4 Å². The number of fused-ring (bicyclic) bond motifs is 1. The van der Waals surface area contributed by atoms with Crippen molar-refractivity contribution in [1.82, 2.24) is 4.90 Å². The molecule has 3 rings (SSSR count). The van der Waals surface area contributed by atoms with Crippen LogP contribution in [0.5, 0.6) is 11.5 Å². The summed E-state index contributed by atoms with van der Waals surface area (Å²) < 4.78 is 16.7. The summed E-state index contributed by atoms with van der Waals surface area (Å²) in [4.78, 5) is 2.45. The first kappa shape index (κ1) is 17.3. The molecule has 0 saturated carbocycles. The molecule has 1 aromatic rings. The number of rotatable bonds is 4. The second-order valence-corrected chi connectivity index (χ2v) is 5.72. The second kappa shape index (κ2) is 8.02. The first-order valence-corrected chi connectivity index (χ1v) is 7.65. The van der Waals surface area contributed by atoms with E-state index in [1.54, 1.807) is 7.11 Å². The lowest BCUT2D eigenvalue weighted by atomic mass is 9.98. The number of piperidine rings is 1. The summed E-state index contributed by atoms with van der Waals surface area (Å²) in [5.74, 6) is 1.70. The highest BCUT2D eigenvalue weighted by molar-refractivity contribution is 5.85. The molecule has 5 nitrogen and oxygen atoms in total. The van der Waals surface area contributed by atoms with Crippen LogP contribution in [0.1, 0.15) is 18.4 Å². The number of benzene rings is 1. The van der Waals surface area contributed by atoms with E-state index in [4.69, 9.17) is 19.9 Å². The van der Waals surface area contributed by atoms with Crippen molar-refractivity contribution >= 4 is 12.4 Å². The molecule has 0 aromatic heterocycles. The van der Waals surface area contributed by atoms with Gasteiger partial charge in [0.05, 0.1) is 6.10 Å². The van der Waals surface area contributed by atoms with E-state index in [9.17, 15) is 0 Å². The van der Waals surface area contributed by atoms with Crippen molar-refractivity contribution in [2.24, 2.45) is 5.73 Å². The van der Waals surface area contributed by atoms with Gasteiger partial charge in [0.2, 0.25) is 0 Å². The quantitative estimate of drug-likeness (QED) is 0.913. The van der Waals surface area contributed by atoms with E-state index in [0.717, 1.165) is 37.4 Å². The van der Waals surface area contributed by atoms with Gasteiger partial charge in [0, 0.05) is 32.8 Å². The molecule has 0 amide bonds. The van der Waals surface area contributed by atoms with Gasteiger partial charge < -0.3 is 19.9 Å². The zero-order valence-electron chi connectivity index (χ0n) is 13.0. The monoisotopic (exact) mass is 328 g/mol. The SMILES string of the molecule is COC1CCN(Cc2ccc3c(c2)OCCO3)C(CN)C1.Cl. The Morgan fingerprint density at radius 2 is 2.05 bits per heavy atom. The van der Waals surface area contributed by atoms with Crippen LogP contribution in [0.15, 0.2) is 18.2 Å². The van der Waals surface area contributed by atoms with Crippen molar-refractivity contribution < 1.29 is 14.2 Å². The lowest BCUT2D eigenvalue weighted by Gasteiger charge is -2.38. The molecule has 2 unspecified atom stereocenters. The molecule has 1 aromatic carbocycles. The molecule has 22 heavy (non-hydrogen) atoms. The number of hydrogen-bond donors (Lipinski definition) is 1. The first-order chi connectivity index (χ1) is 10.3. The third-order valence-corrected chi connectivity index (χ3v) is 4.39. The molecular weight excluding hydrogens is 304 g/mol. The summed E-state index contributed by atoms with van der Waals surface area (Å²) in [5.41, 5.74) is 7.18. The molecule has 124 valence electrons. The third kappa shape index (κ3) is 3.84. The third-order valence-electron chi connectivity index (χ3n) is 4.39. The molecule has 2 N–H and O–H groups in total. The van der Waals surface area contributed by atoms with Crippen LogP contribution in [-0.2, 0) is 11.3 Å². The summed E-state index contributed by atoms with van der Waals surface area (Å²) >= 11 is 0. The first-order valence-electron chi connectivity index (χ1n) is 7.65. The fourth-order valence-electron chi connectivity index (χ4n) is 3.15. The van der Waals surface area contributed by atoms with Crippen LogP contribution in [0.25, 0.3) is 0 Å². The minimum atomic E-state index is 0. The van der Waals surface area contributed by atoms with Gasteiger partial charge >= 0.3 is 0 Å². The standard InChI is InChI=1S/C16H24N2O3.ClH/c1-19-14-4-5-18(13(9-14)10-17)11-12-2-3-15-16(8-12)21-7-6-20-15;/h2-3,8,13-14H,4-7,9-11,17H2,1H3;1H. The largest absolute Gasteiger partial charge is 0.486 e. The summed E-state index contributed by atoms with van der Waals surface area (Å²) in [5, 5.41) is 0. The van der Waals surface area contributed by atoms with E-state index in [0.29, 0.717) is 31.9 Å².